The molecule has 0 spiro atoms. The summed E-state index contributed by atoms with van der Waals surface area (Å²) >= 11 is -2.26. The molecule has 6 heteroatoms. The van der Waals surface area contributed by atoms with Gasteiger partial charge in [0.25, 0.3) is 0 Å². The minimum Gasteiger partial charge on any atom is -0.767 e. The second kappa shape index (κ2) is 4.95. The van der Waals surface area contributed by atoms with Crippen molar-refractivity contribution >= 4 is 11.1 Å². The minimum absolute atomic E-state index is 0. The Labute approximate surface area is 89.0 Å². The Balaban J connectivity index is 0.000001000. The predicted octanol–water partition coefficient (Wildman–Crippen LogP) is -2.97. The van der Waals surface area contributed by atoms with E-state index in [1.165, 1.54) is 6.07 Å². The van der Waals surface area contributed by atoms with Crippen molar-refractivity contribution in [3.8, 4) is 0 Å². The zero-order valence-corrected chi connectivity index (χ0v) is 9.09. The van der Waals surface area contributed by atoms with Gasteiger partial charge in [0.15, 0.2) is 0 Å². The van der Waals surface area contributed by atoms with Gasteiger partial charge in [-0.1, -0.05) is 0 Å². The third-order valence-corrected chi connectivity index (χ3v) is 1.50. The Morgan fingerprint density at radius 1 is 1.45 bits per heavy atom. The molecule has 0 aliphatic rings. The van der Waals surface area contributed by atoms with Crippen molar-refractivity contribution in [1.29, 1.82) is 0 Å². The van der Waals surface area contributed by atoms with Crippen LogP contribution in [-0.4, -0.2) is 19.0 Å². The SMILES string of the molecule is Cc1ccc(S(=O)[O-])nn1.[Na+]. The largest absolute Gasteiger partial charge is 1.00 e. The van der Waals surface area contributed by atoms with E-state index in [1.807, 2.05) is 0 Å². The number of hydrogen-bond acceptors (Lipinski definition) is 4. The first kappa shape index (κ1) is 11.2. The molecule has 0 fully saturated rings. The van der Waals surface area contributed by atoms with Crippen LogP contribution in [0.25, 0.3) is 0 Å². The Hall–Kier alpha value is 0.190. The molecule has 1 aromatic rings. The number of aryl methyl sites for hydroxylation is 1. The average Bonchev–Trinajstić information content (AvgIpc) is 1.88. The van der Waals surface area contributed by atoms with E-state index in [2.05, 4.69) is 10.2 Å². The molecule has 0 saturated carbocycles. The second-order valence-corrected chi connectivity index (χ2v) is 2.64. The molecule has 1 heterocycles. The molecule has 0 aliphatic heterocycles. The predicted molar refractivity (Wildman–Crippen MR) is 34.0 cm³/mol. The molecule has 0 aromatic carbocycles. The van der Waals surface area contributed by atoms with Crippen LogP contribution in [0.15, 0.2) is 17.2 Å². The first-order valence-corrected chi connectivity index (χ1v) is 3.67. The van der Waals surface area contributed by atoms with E-state index in [4.69, 9.17) is 0 Å². The van der Waals surface area contributed by atoms with Gasteiger partial charge >= 0.3 is 29.6 Å². The van der Waals surface area contributed by atoms with Gasteiger partial charge in [0.2, 0.25) is 0 Å². The molecule has 0 amide bonds. The first-order chi connectivity index (χ1) is 4.70. The Morgan fingerprint density at radius 3 is 2.45 bits per heavy atom. The molecule has 1 atom stereocenters. The van der Waals surface area contributed by atoms with Crippen molar-refractivity contribution < 1.29 is 38.3 Å². The normalized spacial score (nSPS) is 11.8. The molecule has 1 unspecified atom stereocenters. The fourth-order valence-electron chi connectivity index (χ4n) is 0.476. The molecular formula is C5H5N2NaO2S. The van der Waals surface area contributed by atoms with Crippen molar-refractivity contribution in [2.24, 2.45) is 0 Å². The van der Waals surface area contributed by atoms with E-state index >= 15 is 0 Å². The minimum atomic E-state index is -2.26. The standard InChI is InChI=1S/C5H6N2O2S.Na/c1-4-2-3-5(7-6-4)10(8)9;/h2-3H,1H3,(H,8,9);/q;+1/p-1. The third kappa shape index (κ3) is 3.39. The molecule has 4 nitrogen and oxygen atoms in total. The van der Waals surface area contributed by atoms with E-state index in [0.717, 1.165) is 0 Å². The fraction of sp³-hybridized carbons (Fsp3) is 0.200. The Morgan fingerprint density at radius 2 is 2.09 bits per heavy atom. The molecule has 0 saturated heterocycles. The zero-order chi connectivity index (χ0) is 7.56. The summed E-state index contributed by atoms with van der Waals surface area (Å²) in [5.41, 5.74) is 0.703. The van der Waals surface area contributed by atoms with Gasteiger partial charge in [-0.05, 0) is 30.1 Å². The van der Waals surface area contributed by atoms with Gasteiger partial charge in [0.1, 0.15) is 5.03 Å². The summed E-state index contributed by atoms with van der Waals surface area (Å²) in [6.45, 7) is 1.74. The van der Waals surface area contributed by atoms with Gasteiger partial charge in [-0.2, -0.15) is 5.10 Å². The molecular weight excluding hydrogens is 175 g/mol. The fourth-order valence-corrected chi connectivity index (χ4v) is 0.762. The van der Waals surface area contributed by atoms with E-state index in [1.54, 1.807) is 13.0 Å². The molecule has 11 heavy (non-hydrogen) atoms. The molecule has 1 rings (SSSR count). The smallest absolute Gasteiger partial charge is 0.767 e. The maximum Gasteiger partial charge on any atom is 1.00 e. The Kier molecular flexibility index (Phi) is 5.03. The maximum absolute atomic E-state index is 10.2. The van der Waals surface area contributed by atoms with Crippen LogP contribution in [0.2, 0.25) is 0 Å². The van der Waals surface area contributed by atoms with Crippen molar-refractivity contribution in [3.63, 3.8) is 0 Å². The molecule has 0 N–H and O–H groups in total. The summed E-state index contributed by atoms with van der Waals surface area (Å²) in [7, 11) is 0. The van der Waals surface area contributed by atoms with Crippen LogP contribution < -0.4 is 29.6 Å². The van der Waals surface area contributed by atoms with Crippen molar-refractivity contribution in [1.82, 2.24) is 10.2 Å². The van der Waals surface area contributed by atoms with Crippen LogP contribution in [0.4, 0.5) is 0 Å². The molecule has 0 bridgehead atoms. The van der Waals surface area contributed by atoms with Crippen molar-refractivity contribution in [2.45, 2.75) is 11.9 Å². The summed E-state index contributed by atoms with van der Waals surface area (Å²) in [4.78, 5) is 0. The average molecular weight is 180 g/mol. The van der Waals surface area contributed by atoms with Crippen LogP contribution in [0.3, 0.4) is 0 Å². The first-order valence-electron chi connectivity index (χ1n) is 2.60. The Bertz CT molecular complexity index is 251. The molecule has 1 aromatic heterocycles. The van der Waals surface area contributed by atoms with Crippen molar-refractivity contribution in [2.75, 3.05) is 0 Å². The van der Waals surface area contributed by atoms with E-state index in [-0.39, 0.29) is 34.6 Å². The van der Waals surface area contributed by atoms with E-state index < -0.39 is 11.1 Å². The number of aromatic nitrogens is 2. The maximum atomic E-state index is 10.2. The summed E-state index contributed by atoms with van der Waals surface area (Å²) in [6.07, 6.45) is 0. The van der Waals surface area contributed by atoms with Gasteiger partial charge < -0.3 is 4.55 Å². The monoisotopic (exact) mass is 180 g/mol. The second-order valence-electron chi connectivity index (χ2n) is 1.75. The van der Waals surface area contributed by atoms with Crippen LogP contribution in [0.1, 0.15) is 5.69 Å². The topological polar surface area (TPSA) is 65.9 Å². The number of rotatable bonds is 1. The van der Waals surface area contributed by atoms with Crippen molar-refractivity contribution in [3.05, 3.63) is 17.8 Å². The van der Waals surface area contributed by atoms with Gasteiger partial charge in [-0.25, -0.2) is 0 Å². The van der Waals surface area contributed by atoms with Gasteiger partial charge in [-0.3, -0.25) is 4.21 Å². The third-order valence-electron chi connectivity index (χ3n) is 0.944. The van der Waals surface area contributed by atoms with Gasteiger partial charge in [0, 0.05) is 0 Å². The van der Waals surface area contributed by atoms with Crippen LogP contribution in [-0.2, 0) is 11.1 Å². The summed E-state index contributed by atoms with van der Waals surface area (Å²) < 4.78 is 20.4. The molecule has 54 valence electrons. The number of hydrogen-bond donors (Lipinski definition) is 0. The van der Waals surface area contributed by atoms with E-state index in [0.29, 0.717) is 5.69 Å². The van der Waals surface area contributed by atoms with E-state index in [9.17, 15) is 8.76 Å². The summed E-state index contributed by atoms with van der Waals surface area (Å²) in [5.74, 6) is 0. The van der Waals surface area contributed by atoms with Gasteiger partial charge in [0.05, 0.1) is 5.69 Å². The zero-order valence-electron chi connectivity index (χ0n) is 6.27. The van der Waals surface area contributed by atoms with Crippen LogP contribution >= 0.6 is 0 Å². The summed E-state index contributed by atoms with van der Waals surface area (Å²) in [6, 6.07) is 3.00. The number of nitrogens with zero attached hydrogens (tertiary/aromatic N) is 2. The van der Waals surface area contributed by atoms with Gasteiger partial charge in [-0.15, -0.1) is 5.10 Å². The molecule has 0 radical (unpaired) electrons. The summed E-state index contributed by atoms with van der Waals surface area (Å²) in [5, 5.41) is 6.95. The van der Waals surface area contributed by atoms with Crippen LogP contribution in [0, 0.1) is 6.92 Å². The van der Waals surface area contributed by atoms with Crippen LogP contribution in [0.5, 0.6) is 0 Å². The quantitative estimate of drug-likeness (QED) is 0.342. The molecule has 0 aliphatic carbocycles.